The molecule has 2 aliphatic rings. The second-order valence-corrected chi connectivity index (χ2v) is 6.43. The van der Waals surface area contributed by atoms with Crippen LogP contribution < -0.4 is 18.9 Å². The number of benzene rings is 2. The molecule has 0 bridgehead atoms. The smallest absolute Gasteiger partial charge is 0.344 e. The average Bonchev–Trinajstić information content (AvgIpc) is 3.29. The van der Waals surface area contributed by atoms with Crippen molar-refractivity contribution in [2.45, 2.75) is 6.92 Å². The molecule has 0 atom stereocenters. The first-order chi connectivity index (χ1) is 14.0. The molecule has 2 aromatic rings. The monoisotopic (exact) mass is 394 g/mol. The summed E-state index contributed by atoms with van der Waals surface area (Å²) in [4.78, 5) is 24.4. The Morgan fingerprint density at radius 2 is 2.00 bits per heavy atom. The fourth-order valence-corrected chi connectivity index (χ4v) is 3.05. The third kappa shape index (κ3) is 3.80. The van der Waals surface area contributed by atoms with Gasteiger partial charge in [0.25, 0.3) is 0 Å². The van der Waals surface area contributed by atoms with E-state index in [0.717, 1.165) is 5.56 Å². The molecule has 7 heteroatoms. The quantitative estimate of drug-likeness (QED) is 0.422. The van der Waals surface area contributed by atoms with E-state index in [1.54, 1.807) is 37.3 Å². The zero-order valence-electron chi connectivity index (χ0n) is 15.7. The van der Waals surface area contributed by atoms with E-state index in [1.807, 2.05) is 6.07 Å². The minimum atomic E-state index is -0.511. The molecule has 2 heterocycles. The van der Waals surface area contributed by atoms with Gasteiger partial charge in [0.05, 0.1) is 5.56 Å². The standard InChI is InChI=1S/C22H18O7/c1-3-6-25-20(23)11-26-15-7-13(2)21-18(10-15)29-19(22(21)24)9-14-4-5-16-17(8-14)28-12-27-16/h3-5,7-10H,1,6,11-12H2,2H3/b19-9-. The zero-order chi connectivity index (χ0) is 20.4. The van der Waals surface area contributed by atoms with Gasteiger partial charge in [-0.1, -0.05) is 18.7 Å². The van der Waals surface area contributed by atoms with Gasteiger partial charge in [0.2, 0.25) is 12.6 Å². The molecule has 0 amide bonds. The van der Waals surface area contributed by atoms with Crippen molar-refractivity contribution < 1.29 is 33.3 Å². The maximum Gasteiger partial charge on any atom is 0.344 e. The SMILES string of the molecule is C=CCOC(=O)COc1cc(C)c2c(c1)O/C(=C\c1ccc3c(c1)OCO3)C2=O. The van der Waals surface area contributed by atoms with Crippen LogP contribution in [0.4, 0.5) is 0 Å². The Hall–Kier alpha value is -3.74. The van der Waals surface area contributed by atoms with Gasteiger partial charge < -0.3 is 23.7 Å². The largest absolute Gasteiger partial charge is 0.482 e. The average molecular weight is 394 g/mol. The second kappa shape index (κ2) is 7.71. The Balaban J connectivity index is 1.52. The van der Waals surface area contributed by atoms with Crippen LogP contribution in [0.25, 0.3) is 6.08 Å². The predicted molar refractivity (Wildman–Crippen MR) is 103 cm³/mol. The first kappa shape index (κ1) is 18.6. The van der Waals surface area contributed by atoms with Gasteiger partial charge in [-0.25, -0.2) is 4.79 Å². The van der Waals surface area contributed by atoms with Gasteiger partial charge in [0, 0.05) is 6.07 Å². The highest BCUT2D eigenvalue weighted by atomic mass is 16.7. The summed E-state index contributed by atoms with van der Waals surface area (Å²) in [6.07, 6.45) is 3.13. The molecule has 0 radical (unpaired) electrons. The molecule has 0 unspecified atom stereocenters. The van der Waals surface area contributed by atoms with E-state index in [9.17, 15) is 9.59 Å². The van der Waals surface area contributed by atoms with Gasteiger partial charge in [-0.3, -0.25) is 4.79 Å². The number of hydrogen-bond acceptors (Lipinski definition) is 7. The van der Waals surface area contributed by atoms with Gasteiger partial charge in [-0.05, 0) is 42.3 Å². The maximum atomic E-state index is 12.8. The minimum Gasteiger partial charge on any atom is -0.482 e. The number of ether oxygens (including phenoxy) is 5. The summed E-state index contributed by atoms with van der Waals surface area (Å²) in [5, 5.41) is 0. The van der Waals surface area contributed by atoms with Crippen molar-refractivity contribution in [3.05, 3.63) is 65.4 Å². The Morgan fingerprint density at radius 1 is 1.17 bits per heavy atom. The van der Waals surface area contributed by atoms with Crippen LogP contribution in [0.5, 0.6) is 23.0 Å². The van der Waals surface area contributed by atoms with Crippen LogP contribution in [0.3, 0.4) is 0 Å². The Kier molecular flexibility index (Phi) is 4.95. The molecular formula is C22H18O7. The number of esters is 1. The fraction of sp³-hybridized carbons (Fsp3) is 0.182. The lowest BCUT2D eigenvalue weighted by Gasteiger charge is -2.08. The molecule has 4 rings (SSSR count). The molecule has 7 nitrogen and oxygen atoms in total. The summed E-state index contributed by atoms with van der Waals surface area (Å²) in [6.45, 7) is 5.31. The van der Waals surface area contributed by atoms with Crippen molar-refractivity contribution in [3.63, 3.8) is 0 Å². The molecule has 148 valence electrons. The van der Waals surface area contributed by atoms with Gasteiger partial charge in [-0.2, -0.15) is 0 Å². The Labute approximate surface area is 167 Å². The summed E-state index contributed by atoms with van der Waals surface area (Å²) >= 11 is 0. The lowest BCUT2D eigenvalue weighted by Crippen LogP contribution is -2.14. The number of carbonyl (C=O) groups excluding carboxylic acids is 2. The van der Waals surface area contributed by atoms with E-state index in [4.69, 9.17) is 23.7 Å². The second-order valence-electron chi connectivity index (χ2n) is 6.43. The van der Waals surface area contributed by atoms with Crippen LogP contribution >= 0.6 is 0 Å². The van der Waals surface area contributed by atoms with Crippen molar-refractivity contribution in [1.29, 1.82) is 0 Å². The van der Waals surface area contributed by atoms with E-state index in [0.29, 0.717) is 34.1 Å². The molecule has 0 fully saturated rings. The van der Waals surface area contributed by atoms with Crippen molar-refractivity contribution in [2.75, 3.05) is 20.0 Å². The Morgan fingerprint density at radius 3 is 2.83 bits per heavy atom. The van der Waals surface area contributed by atoms with Gasteiger partial charge in [0.1, 0.15) is 18.1 Å². The molecule has 2 aromatic carbocycles. The lowest BCUT2D eigenvalue weighted by molar-refractivity contribution is -0.144. The van der Waals surface area contributed by atoms with Crippen LogP contribution in [0.15, 0.2) is 48.7 Å². The van der Waals surface area contributed by atoms with Crippen LogP contribution in [-0.2, 0) is 9.53 Å². The highest BCUT2D eigenvalue weighted by Crippen LogP contribution is 2.38. The summed E-state index contributed by atoms with van der Waals surface area (Å²) in [5.41, 5.74) is 1.92. The summed E-state index contributed by atoms with van der Waals surface area (Å²) in [6, 6.07) is 8.65. The molecule has 29 heavy (non-hydrogen) atoms. The molecule has 0 spiro atoms. The number of aryl methyl sites for hydroxylation is 1. The zero-order valence-corrected chi connectivity index (χ0v) is 15.7. The molecule has 0 aromatic heterocycles. The highest BCUT2D eigenvalue weighted by Gasteiger charge is 2.30. The van der Waals surface area contributed by atoms with E-state index in [1.165, 1.54) is 6.08 Å². The summed E-state index contributed by atoms with van der Waals surface area (Å²) in [7, 11) is 0. The maximum absolute atomic E-state index is 12.8. The van der Waals surface area contributed by atoms with Crippen LogP contribution in [-0.4, -0.2) is 31.8 Å². The number of rotatable bonds is 6. The van der Waals surface area contributed by atoms with Crippen molar-refractivity contribution in [1.82, 2.24) is 0 Å². The number of Topliss-reactive ketones (excluding diaryl/α,β-unsaturated/α-hetero) is 1. The fourth-order valence-electron chi connectivity index (χ4n) is 3.05. The minimum absolute atomic E-state index is 0.122. The van der Waals surface area contributed by atoms with Crippen molar-refractivity contribution in [2.24, 2.45) is 0 Å². The number of ketones is 1. The molecule has 2 aliphatic heterocycles. The van der Waals surface area contributed by atoms with Crippen LogP contribution in [0, 0.1) is 6.92 Å². The topological polar surface area (TPSA) is 80.3 Å². The van der Waals surface area contributed by atoms with Crippen LogP contribution in [0.1, 0.15) is 21.5 Å². The van der Waals surface area contributed by atoms with E-state index >= 15 is 0 Å². The van der Waals surface area contributed by atoms with Crippen molar-refractivity contribution >= 4 is 17.8 Å². The number of fused-ring (bicyclic) bond motifs is 2. The number of carbonyl (C=O) groups is 2. The van der Waals surface area contributed by atoms with Gasteiger partial charge in [-0.15, -0.1) is 0 Å². The number of allylic oxidation sites excluding steroid dienone is 1. The summed E-state index contributed by atoms with van der Waals surface area (Å²) in [5.74, 6) is 1.56. The third-order valence-electron chi connectivity index (χ3n) is 4.36. The normalized spacial score (nSPS) is 15.1. The van der Waals surface area contributed by atoms with Gasteiger partial charge >= 0.3 is 5.97 Å². The third-order valence-corrected chi connectivity index (χ3v) is 4.36. The van der Waals surface area contributed by atoms with Gasteiger partial charge in [0.15, 0.2) is 23.9 Å². The highest BCUT2D eigenvalue weighted by molar-refractivity contribution is 6.15. The van der Waals surface area contributed by atoms with E-state index in [2.05, 4.69) is 6.58 Å². The lowest BCUT2D eigenvalue weighted by atomic mass is 10.0. The van der Waals surface area contributed by atoms with Crippen LogP contribution in [0.2, 0.25) is 0 Å². The molecule has 0 saturated carbocycles. The van der Waals surface area contributed by atoms with E-state index < -0.39 is 5.97 Å². The molecule has 0 saturated heterocycles. The molecule has 0 aliphatic carbocycles. The van der Waals surface area contributed by atoms with E-state index in [-0.39, 0.29) is 31.5 Å². The summed E-state index contributed by atoms with van der Waals surface area (Å²) < 4.78 is 26.8. The first-order valence-corrected chi connectivity index (χ1v) is 8.93. The van der Waals surface area contributed by atoms with Crippen molar-refractivity contribution in [3.8, 4) is 23.0 Å². The first-order valence-electron chi connectivity index (χ1n) is 8.93. The Bertz CT molecular complexity index is 1040. The molecule has 0 N–H and O–H groups in total. The number of hydrogen-bond donors (Lipinski definition) is 0. The molecular weight excluding hydrogens is 376 g/mol. The predicted octanol–water partition coefficient (Wildman–Crippen LogP) is 3.45.